The fraction of sp³-hybridized carbons (Fsp3) is 0.667. The van der Waals surface area contributed by atoms with Gasteiger partial charge in [-0.15, -0.1) is 0 Å². The Labute approximate surface area is 148 Å². The van der Waals surface area contributed by atoms with Crippen molar-refractivity contribution in [1.82, 2.24) is 4.90 Å². The summed E-state index contributed by atoms with van der Waals surface area (Å²) in [5.74, 6) is 1.21. The Morgan fingerprint density at radius 1 is 1.20 bits per heavy atom. The van der Waals surface area contributed by atoms with Crippen LogP contribution in [0.15, 0.2) is 18.2 Å². The first kappa shape index (κ1) is 15.8. The molecule has 3 fully saturated rings. The minimum absolute atomic E-state index is 0.00795. The Balaban J connectivity index is 1.36. The van der Waals surface area contributed by atoms with Crippen molar-refractivity contribution in [2.45, 2.75) is 56.5 Å². The van der Waals surface area contributed by atoms with Crippen molar-refractivity contribution >= 4 is 5.91 Å². The topological polar surface area (TPSA) is 29.5 Å². The van der Waals surface area contributed by atoms with E-state index < -0.39 is 0 Å². The fourth-order valence-electron chi connectivity index (χ4n) is 4.75. The molecule has 4 aliphatic rings. The van der Waals surface area contributed by atoms with E-state index in [-0.39, 0.29) is 23.3 Å². The van der Waals surface area contributed by atoms with Gasteiger partial charge in [-0.3, -0.25) is 4.79 Å². The largest absolute Gasteiger partial charge is 0.373 e. The third kappa shape index (κ3) is 2.88. The Hall–Kier alpha value is -1.42. The first-order chi connectivity index (χ1) is 12.1. The minimum Gasteiger partial charge on any atom is -0.373 e. The molecule has 5 rings (SSSR count). The molecule has 1 amide bonds. The van der Waals surface area contributed by atoms with E-state index in [0.29, 0.717) is 5.91 Å². The first-order valence-electron chi connectivity index (χ1n) is 9.85. The monoisotopic (exact) mass is 343 g/mol. The molecule has 134 valence electrons. The fourth-order valence-corrected chi connectivity index (χ4v) is 4.75. The summed E-state index contributed by atoms with van der Waals surface area (Å²) in [5, 5.41) is 0. The van der Waals surface area contributed by atoms with Crippen LogP contribution in [-0.4, -0.2) is 30.5 Å². The third-order valence-electron chi connectivity index (χ3n) is 6.70. The number of amides is 1. The number of halogens is 1. The maximum Gasteiger partial charge on any atom is 0.225 e. The minimum atomic E-state index is -0.155. The molecule has 1 spiro atoms. The zero-order valence-corrected chi connectivity index (χ0v) is 14.7. The zero-order valence-electron chi connectivity index (χ0n) is 14.7. The second-order valence-corrected chi connectivity index (χ2v) is 8.58. The molecule has 0 radical (unpaired) electrons. The maximum atomic E-state index is 14.0. The van der Waals surface area contributed by atoms with Crippen LogP contribution in [0.5, 0.6) is 0 Å². The summed E-state index contributed by atoms with van der Waals surface area (Å²) in [4.78, 5) is 14.4. The lowest BCUT2D eigenvalue weighted by atomic mass is 9.73. The highest BCUT2D eigenvalue weighted by Gasteiger charge is 2.47. The third-order valence-corrected chi connectivity index (χ3v) is 6.70. The van der Waals surface area contributed by atoms with Crippen molar-refractivity contribution in [3.05, 3.63) is 35.1 Å². The van der Waals surface area contributed by atoms with E-state index in [4.69, 9.17) is 4.74 Å². The zero-order chi connectivity index (χ0) is 17.0. The molecule has 1 aliphatic heterocycles. The Morgan fingerprint density at radius 2 is 1.96 bits per heavy atom. The molecule has 2 saturated carbocycles. The number of rotatable bonds is 4. The van der Waals surface area contributed by atoms with Gasteiger partial charge in [0.25, 0.3) is 0 Å². The van der Waals surface area contributed by atoms with Crippen LogP contribution in [-0.2, 0) is 14.9 Å². The van der Waals surface area contributed by atoms with Crippen LogP contribution in [0, 0.1) is 17.7 Å². The number of benzene rings is 1. The predicted molar refractivity (Wildman–Crippen MR) is 92.7 cm³/mol. The molecule has 1 saturated heterocycles. The lowest BCUT2D eigenvalue weighted by Gasteiger charge is -2.40. The van der Waals surface area contributed by atoms with Crippen LogP contribution in [0.25, 0.3) is 0 Å². The second kappa shape index (κ2) is 5.80. The van der Waals surface area contributed by atoms with Gasteiger partial charge >= 0.3 is 0 Å². The quantitative estimate of drug-likeness (QED) is 0.828. The van der Waals surface area contributed by atoms with Crippen molar-refractivity contribution in [2.24, 2.45) is 11.8 Å². The molecule has 3 aliphatic carbocycles. The second-order valence-electron chi connectivity index (χ2n) is 8.58. The lowest BCUT2D eigenvalue weighted by molar-refractivity contribution is -0.134. The van der Waals surface area contributed by atoms with E-state index in [2.05, 4.69) is 0 Å². The molecule has 0 N–H and O–H groups in total. The van der Waals surface area contributed by atoms with Gasteiger partial charge in [0, 0.05) is 24.4 Å². The summed E-state index contributed by atoms with van der Waals surface area (Å²) in [6.45, 7) is 2.45. The number of hydrogen-bond donors (Lipinski definition) is 0. The number of carbonyl (C=O) groups is 1. The Kier molecular flexibility index (Phi) is 3.67. The standard InChI is InChI=1S/C21H26FNO2/c22-16-5-6-17-18(11-16)21(12-19(17)25-13-14-1-2-14)7-9-23(10-8-21)20(24)15-3-4-15/h5-6,11,14-15,19H,1-4,7-10,12-13H2. The maximum absolute atomic E-state index is 14.0. The molecular formula is C21H26FNO2. The van der Waals surface area contributed by atoms with Crippen LogP contribution >= 0.6 is 0 Å². The van der Waals surface area contributed by atoms with Crippen LogP contribution in [0.3, 0.4) is 0 Å². The summed E-state index contributed by atoms with van der Waals surface area (Å²) in [5.41, 5.74) is 2.32. The molecule has 4 heteroatoms. The number of nitrogens with zero attached hydrogens (tertiary/aromatic N) is 1. The van der Waals surface area contributed by atoms with Gasteiger partial charge in [0.1, 0.15) is 5.82 Å². The summed E-state index contributed by atoms with van der Waals surface area (Å²) >= 11 is 0. The Morgan fingerprint density at radius 3 is 2.64 bits per heavy atom. The number of ether oxygens (including phenoxy) is 1. The van der Waals surface area contributed by atoms with E-state index in [9.17, 15) is 9.18 Å². The summed E-state index contributed by atoms with van der Waals surface area (Å²) in [7, 11) is 0. The van der Waals surface area contributed by atoms with Gasteiger partial charge in [-0.2, -0.15) is 0 Å². The van der Waals surface area contributed by atoms with Crippen molar-refractivity contribution < 1.29 is 13.9 Å². The number of carbonyl (C=O) groups excluding carboxylic acids is 1. The summed E-state index contributed by atoms with van der Waals surface area (Å²) in [6, 6.07) is 5.23. The summed E-state index contributed by atoms with van der Waals surface area (Å²) in [6.07, 6.45) is 7.61. The highest BCUT2D eigenvalue weighted by Crippen LogP contribution is 2.53. The van der Waals surface area contributed by atoms with Gasteiger partial charge in [-0.05, 0) is 74.1 Å². The first-order valence-corrected chi connectivity index (χ1v) is 9.85. The predicted octanol–water partition coefficient (Wildman–Crippen LogP) is 3.97. The average Bonchev–Trinajstić information content (AvgIpc) is 3.53. The highest BCUT2D eigenvalue weighted by molar-refractivity contribution is 5.81. The molecule has 0 bridgehead atoms. The molecule has 25 heavy (non-hydrogen) atoms. The van der Waals surface area contributed by atoms with Crippen LogP contribution in [0.1, 0.15) is 62.2 Å². The smallest absolute Gasteiger partial charge is 0.225 e. The lowest BCUT2D eigenvalue weighted by Crippen LogP contribution is -2.45. The molecule has 1 aromatic rings. The van der Waals surface area contributed by atoms with Gasteiger partial charge in [0.05, 0.1) is 12.7 Å². The van der Waals surface area contributed by atoms with E-state index in [1.807, 2.05) is 11.0 Å². The number of hydrogen-bond acceptors (Lipinski definition) is 2. The van der Waals surface area contributed by atoms with E-state index in [1.165, 1.54) is 18.4 Å². The number of likely N-dealkylation sites (tertiary alicyclic amines) is 1. The highest BCUT2D eigenvalue weighted by atomic mass is 19.1. The van der Waals surface area contributed by atoms with Crippen molar-refractivity contribution in [3.8, 4) is 0 Å². The van der Waals surface area contributed by atoms with Crippen molar-refractivity contribution in [3.63, 3.8) is 0 Å². The molecule has 1 aromatic carbocycles. The molecular weight excluding hydrogens is 317 g/mol. The molecule has 3 nitrogen and oxygen atoms in total. The summed E-state index contributed by atoms with van der Waals surface area (Å²) < 4.78 is 20.2. The average molecular weight is 343 g/mol. The van der Waals surface area contributed by atoms with Crippen LogP contribution < -0.4 is 0 Å². The van der Waals surface area contributed by atoms with Crippen molar-refractivity contribution in [2.75, 3.05) is 19.7 Å². The van der Waals surface area contributed by atoms with Crippen molar-refractivity contribution in [1.29, 1.82) is 0 Å². The number of piperidine rings is 1. The SMILES string of the molecule is O=C(C1CC1)N1CCC2(CC1)CC(OCC1CC1)c1ccc(F)cc12. The molecule has 1 unspecified atom stereocenters. The van der Waals surface area contributed by atoms with E-state index in [0.717, 1.165) is 63.3 Å². The van der Waals surface area contributed by atoms with Gasteiger partial charge in [0.2, 0.25) is 5.91 Å². The van der Waals surface area contributed by atoms with E-state index >= 15 is 0 Å². The Bertz CT molecular complexity index is 687. The van der Waals surface area contributed by atoms with Gasteiger partial charge in [0.15, 0.2) is 0 Å². The van der Waals surface area contributed by atoms with Gasteiger partial charge < -0.3 is 9.64 Å². The van der Waals surface area contributed by atoms with Gasteiger partial charge in [-0.1, -0.05) is 6.07 Å². The molecule has 1 heterocycles. The van der Waals surface area contributed by atoms with Gasteiger partial charge in [-0.25, -0.2) is 4.39 Å². The van der Waals surface area contributed by atoms with Crippen LogP contribution in [0.4, 0.5) is 4.39 Å². The molecule has 0 aromatic heterocycles. The van der Waals surface area contributed by atoms with Crippen LogP contribution in [0.2, 0.25) is 0 Å². The van der Waals surface area contributed by atoms with E-state index in [1.54, 1.807) is 12.1 Å². The normalized spacial score (nSPS) is 27.6. The number of fused-ring (bicyclic) bond motifs is 2. The molecule has 1 atom stereocenters.